The van der Waals surface area contributed by atoms with Crippen molar-refractivity contribution in [3.05, 3.63) is 92.2 Å². The summed E-state index contributed by atoms with van der Waals surface area (Å²) in [5.41, 5.74) is 5.52. The zero-order valence-corrected chi connectivity index (χ0v) is 30.1. The zero-order chi connectivity index (χ0) is 36.3. The van der Waals surface area contributed by atoms with Gasteiger partial charge in [-0.2, -0.15) is 12.1 Å². The first-order chi connectivity index (χ1) is 22.7. The fourth-order valence-electron chi connectivity index (χ4n) is 5.68. The first kappa shape index (κ1) is 44.5. The van der Waals surface area contributed by atoms with Gasteiger partial charge in [0, 0.05) is 44.1 Å². The largest absolute Gasteiger partial charge is 0 e. The fourth-order valence-corrected chi connectivity index (χ4v) is 5.68. The maximum Gasteiger partial charge on any atom is 0 e. The molecule has 0 aromatic carbocycles. The normalized spacial score (nSPS) is 31.1. The summed E-state index contributed by atoms with van der Waals surface area (Å²) >= 11 is 0. The molecule has 6 aliphatic rings. The Kier molecular flexibility index (Phi) is 16.8. The smallest absolute Gasteiger partial charge is 0 e. The topological polar surface area (TPSA) is 56.4 Å². The summed E-state index contributed by atoms with van der Waals surface area (Å²) in [5, 5.41) is 17.3. The Morgan fingerprint density at radius 1 is 0.580 bits per heavy atom. The maximum absolute atomic E-state index is 13.3. The van der Waals surface area contributed by atoms with E-state index in [-0.39, 0.29) is 56.4 Å². The number of piperidine rings is 4. The average molecular weight is 930 g/mol. The van der Waals surface area contributed by atoms with Gasteiger partial charge >= 0.3 is 33.0 Å². The van der Waals surface area contributed by atoms with E-state index in [4.69, 9.17) is 0 Å². The van der Waals surface area contributed by atoms with E-state index in [1.54, 1.807) is 0 Å². The summed E-state index contributed by atoms with van der Waals surface area (Å²) < 4.78 is 137. The molecule has 6 unspecified atom stereocenters. The van der Waals surface area contributed by atoms with E-state index >= 15 is 0 Å². The minimum absolute atomic E-state index is 0. The van der Waals surface area contributed by atoms with Gasteiger partial charge in [0.15, 0.2) is 0 Å². The van der Waals surface area contributed by atoms with Gasteiger partial charge in [-0.3, -0.25) is 29.0 Å². The molecule has 4 heterocycles. The number of nitrogens with zero attached hydrogens (tertiary/aromatic N) is 4. The molecule has 0 amide bonds. The van der Waals surface area contributed by atoms with Gasteiger partial charge in [-0.1, -0.05) is 51.4 Å². The number of hydrogen-bond acceptors (Lipinski definition) is 0. The van der Waals surface area contributed by atoms with Crippen LogP contribution in [0.25, 0.3) is 21.3 Å². The molecule has 0 spiro atoms. The van der Waals surface area contributed by atoms with Crippen molar-refractivity contribution >= 4 is 7.81 Å². The molecule has 6 atom stereocenters. The Morgan fingerprint density at radius 2 is 0.940 bits per heavy atom. The maximum atomic E-state index is 13.3. The molecule has 0 bridgehead atoms. The quantitative estimate of drug-likeness (QED) is 0.117. The molecule has 50 heavy (non-hydrogen) atoms. The van der Waals surface area contributed by atoms with Gasteiger partial charge in [-0.25, -0.2) is 8.78 Å². The van der Waals surface area contributed by atoms with E-state index < -0.39 is 44.1 Å². The van der Waals surface area contributed by atoms with E-state index in [0.29, 0.717) is 37.8 Å². The molecule has 4 fully saturated rings. The number of allylic oxidation sites excluding steroid dienone is 4. The van der Waals surface area contributed by atoms with Crippen molar-refractivity contribution in [2.24, 2.45) is 0 Å². The van der Waals surface area contributed by atoms with E-state index in [1.807, 2.05) is 0 Å². The predicted octanol–water partition coefficient (Wildman–Crippen LogP) is 12.8. The molecule has 18 heteroatoms. The molecular formula is C32H38F12IrN4P-7. The van der Waals surface area contributed by atoms with Crippen LogP contribution in [-0.4, -0.2) is 62.7 Å². The number of rotatable bonds is 3. The molecule has 2 aliphatic carbocycles. The summed E-state index contributed by atoms with van der Waals surface area (Å²) in [6.07, 6.45) is 10.3. The van der Waals surface area contributed by atoms with E-state index in [1.165, 1.54) is 38.5 Å². The van der Waals surface area contributed by atoms with Crippen LogP contribution in [0.4, 0.5) is 51.5 Å². The Hall–Kier alpha value is -1.66. The summed E-state index contributed by atoms with van der Waals surface area (Å²) in [6.45, 7) is 2.37. The second kappa shape index (κ2) is 18.9. The van der Waals surface area contributed by atoms with Gasteiger partial charge in [0.2, 0.25) is 0 Å². The Balaban J connectivity index is 0.000000237. The number of alkyl halides is 2. The standard InChI is InChI=1S/2C11H10F3N.C10H18N2.F6P.Ir/c2*12-7-1-3-9(10(14)5-7)11-4-2-8(13)6-15-11;1-3-7-11-9(5-1)10-6-2-4-8-12-10;1-7(2,3,4,5)6;/h2*1,5,8,11H,2,4,6H2;9-10H,1-8H2;;/q3*-2;-1;. The summed E-state index contributed by atoms with van der Waals surface area (Å²) in [5.74, 6) is -1.31. The Labute approximate surface area is 298 Å². The van der Waals surface area contributed by atoms with Crippen molar-refractivity contribution < 1.29 is 71.6 Å². The van der Waals surface area contributed by atoms with Gasteiger partial charge in [0.05, 0.1) is 12.3 Å². The summed E-state index contributed by atoms with van der Waals surface area (Å²) in [4.78, 5) is 0. The average Bonchev–Trinajstić information content (AvgIpc) is 3.02. The van der Waals surface area contributed by atoms with Crippen LogP contribution in [0.3, 0.4) is 0 Å². The number of halogens is 12. The molecule has 0 aromatic heterocycles. The van der Waals surface area contributed by atoms with Crippen LogP contribution in [0.15, 0.2) is 58.6 Å². The second-order valence-electron chi connectivity index (χ2n) is 12.2. The SMILES string of the molecule is C1CCC(C2CCCC[N-]2)[N-]C1.FC1=C[C-](F)C(C2CCC(F)C[N-]2)=C=C1.FC1=C[C-](F)C(C2CCC(F)C[N-]2)=C=C1.F[P-](F)(F)(F)(F)F.[Ir]. The minimum Gasteiger partial charge on any atom is 0 e. The van der Waals surface area contributed by atoms with Gasteiger partial charge in [0.1, 0.15) is 0 Å². The monoisotopic (exact) mass is 930 g/mol. The molecule has 0 aromatic rings. The van der Waals surface area contributed by atoms with Gasteiger partial charge in [-0.05, 0) is 12.8 Å². The van der Waals surface area contributed by atoms with Crippen molar-refractivity contribution in [3.63, 3.8) is 0 Å². The van der Waals surface area contributed by atoms with Crippen molar-refractivity contribution in [2.75, 3.05) is 26.2 Å². The van der Waals surface area contributed by atoms with E-state index in [0.717, 1.165) is 37.4 Å². The molecule has 4 nitrogen and oxygen atoms in total. The third kappa shape index (κ3) is 18.2. The van der Waals surface area contributed by atoms with Crippen LogP contribution in [0, 0.1) is 12.3 Å². The van der Waals surface area contributed by atoms with Gasteiger partial charge in [0.25, 0.3) is 0 Å². The molecule has 4 aliphatic heterocycles. The molecule has 1 radical (unpaired) electrons. The Morgan fingerprint density at radius 3 is 1.20 bits per heavy atom. The van der Waals surface area contributed by atoms with Crippen molar-refractivity contribution in [2.45, 2.75) is 101 Å². The van der Waals surface area contributed by atoms with Crippen LogP contribution >= 0.6 is 7.81 Å². The minimum atomic E-state index is -10.7. The van der Waals surface area contributed by atoms with Gasteiger partial charge in [-0.15, -0.1) is 73.7 Å². The van der Waals surface area contributed by atoms with Crippen LogP contribution in [-0.2, 0) is 20.1 Å². The molecule has 0 saturated carbocycles. The molecule has 4 saturated heterocycles. The zero-order valence-electron chi connectivity index (χ0n) is 26.8. The number of hydrogen-bond donors (Lipinski definition) is 0. The molecule has 291 valence electrons. The summed E-state index contributed by atoms with van der Waals surface area (Å²) in [7, 11) is -10.7. The third-order valence-corrected chi connectivity index (χ3v) is 7.98. The van der Waals surface area contributed by atoms with Crippen LogP contribution < -0.4 is 0 Å². The van der Waals surface area contributed by atoms with Crippen molar-refractivity contribution in [1.29, 1.82) is 0 Å². The second-order valence-corrected chi connectivity index (χ2v) is 14.1. The fraction of sp³-hybridized carbons (Fsp3) is 0.625. The molecule has 0 N–H and O–H groups in total. The van der Waals surface area contributed by atoms with Crippen LogP contribution in [0.5, 0.6) is 0 Å². The first-order valence-corrected chi connectivity index (χ1v) is 18.0. The molecular weight excluding hydrogens is 892 g/mol. The Bertz CT molecular complexity index is 1170. The van der Waals surface area contributed by atoms with E-state index in [2.05, 4.69) is 32.7 Å². The van der Waals surface area contributed by atoms with Crippen LogP contribution in [0.2, 0.25) is 0 Å². The summed E-state index contributed by atoms with van der Waals surface area (Å²) in [6, 6.07) is 0.438. The predicted molar refractivity (Wildman–Crippen MR) is 168 cm³/mol. The van der Waals surface area contributed by atoms with Crippen molar-refractivity contribution in [3.8, 4) is 0 Å². The first-order valence-electron chi connectivity index (χ1n) is 16.0. The molecule has 6 rings (SSSR count). The van der Waals surface area contributed by atoms with Crippen LogP contribution in [0.1, 0.15) is 64.2 Å². The third-order valence-electron chi connectivity index (χ3n) is 7.98. The van der Waals surface area contributed by atoms with Crippen molar-refractivity contribution in [1.82, 2.24) is 0 Å². The van der Waals surface area contributed by atoms with Gasteiger partial charge < -0.3 is 21.3 Å². The van der Waals surface area contributed by atoms with E-state index in [9.17, 15) is 51.5 Å².